The summed E-state index contributed by atoms with van der Waals surface area (Å²) >= 11 is 6.00. The van der Waals surface area contributed by atoms with Crippen LogP contribution >= 0.6 is 11.6 Å². The van der Waals surface area contributed by atoms with Gasteiger partial charge in [-0.05, 0) is 36.1 Å². The molecule has 0 bridgehead atoms. The second kappa shape index (κ2) is 6.70. The Balaban J connectivity index is 1.37. The lowest BCUT2D eigenvalue weighted by atomic mass is 9.78. The smallest absolute Gasteiger partial charge is 0.325 e. The molecule has 0 saturated carbocycles. The van der Waals surface area contributed by atoms with Crippen molar-refractivity contribution in [2.24, 2.45) is 0 Å². The van der Waals surface area contributed by atoms with E-state index in [0.29, 0.717) is 29.3 Å². The summed E-state index contributed by atoms with van der Waals surface area (Å²) in [5, 5.41) is 7.40. The van der Waals surface area contributed by atoms with Crippen LogP contribution in [0.15, 0.2) is 53.1 Å². The molecule has 29 heavy (non-hydrogen) atoms. The average molecular weight is 409 g/mol. The minimum Gasteiger partial charge on any atom is -0.337 e. The highest BCUT2D eigenvalue weighted by Gasteiger charge is 2.52. The first-order valence-corrected chi connectivity index (χ1v) is 9.71. The Hall–Kier alpha value is -3.19. The molecule has 1 aliphatic heterocycles. The van der Waals surface area contributed by atoms with E-state index < -0.39 is 11.6 Å². The second-order valence-electron chi connectivity index (χ2n) is 7.37. The van der Waals surface area contributed by atoms with E-state index >= 15 is 0 Å². The zero-order chi connectivity index (χ0) is 20.0. The van der Waals surface area contributed by atoms with Crippen LogP contribution in [0.1, 0.15) is 23.4 Å². The van der Waals surface area contributed by atoms with Crippen LogP contribution in [-0.4, -0.2) is 32.5 Å². The quantitative estimate of drug-likeness (QED) is 0.671. The van der Waals surface area contributed by atoms with Gasteiger partial charge in [0.2, 0.25) is 11.7 Å². The number of carbonyl (C=O) groups is 2. The van der Waals surface area contributed by atoms with Gasteiger partial charge in [0.15, 0.2) is 0 Å². The van der Waals surface area contributed by atoms with Crippen molar-refractivity contribution in [3.63, 3.8) is 0 Å². The van der Waals surface area contributed by atoms with Gasteiger partial charge in [-0.3, -0.25) is 9.69 Å². The minimum atomic E-state index is -0.902. The Labute approximate surface area is 171 Å². The zero-order valence-corrected chi connectivity index (χ0v) is 16.1. The summed E-state index contributed by atoms with van der Waals surface area (Å²) in [5.74, 6) is 0.298. The third kappa shape index (κ3) is 3.07. The molecule has 8 heteroatoms. The summed E-state index contributed by atoms with van der Waals surface area (Å²) in [6.45, 7) is -0.0678. The molecule has 2 heterocycles. The normalized spacial score (nSPS) is 20.8. The molecule has 1 N–H and O–H groups in total. The predicted molar refractivity (Wildman–Crippen MR) is 105 cm³/mol. The first-order chi connectivity index (χ1) is 14.0. The highest BCUT2D eigenvalue weighted by molar-refractivity contribution is 6.30. The van der Waals surface area contributed by atoms with Crippen molar-refractivity contribution >= 4 is 23.5 Å². The molecule has 1 spiro atoms. The highest BCUT2D eigenvalue weighted by atomic mass is 35.5. The van der Waals surface area contributed by atoms with Gasteiger partial charge in [0.25, 0.3) is 5.91 Å². The van der Waals surface area contributed by atoms with E-state index in [0.717, 1.165) is 16.9 Å². The Morgan fingerprint density at radius 2 is 1.97 bits per heavy atom. The van der Waals surface area contributed by atoms with Crippen molar-refractivity contribution in [1.29, 1.82) is 0 Å². The molecule has 2 aliphatic rings. The van der Waals surface area contributed by atoms with Crippen LogP contribution in [-0.2, 0) is 24.2 Å². The van der Waals surface area contributed by atoms with Gasteiger partial charge in [-0.2, -0.15) is 4.98 Å². The molecule has 0 radical (unpaired) electrons. The monoisotopic (exact) mass is 408 g/mol. The fourth-order valence-corrected chi connectivity index (χ4v) is 4.23. The Kier molecular flexibility index (Phi) is 4.13. The van der Waals surface area contributed by atoms with Crippen LogP contribution in [0.4, 0.5) is 4.79 Å². The molecule has 1 atom stereocenters. The topological polar surface area (TPSA) is 88.3 Å². The number of imide groups is 1. The van der Waals surface area contributed by atoms with Gasteiger partial charge < -0.3 is 9.84 Å². The summed E-state index contributed by atoms with van der Waals surface area (Å²) < 4.78 is 5.27. The molecular formula is C21H17ClN4O3. The summed E-state index contributed by atoms with van der Waals surface area (Å²) in [7, 11) is 0. The molecule has 1 fully saturated rings. The predicted octanol–water partition coefficient (Wildman–Crippen LogP) is 3.37. The van der Waals surface area contributed by atoms with E-state index in [2.05, 4.69) is 21.5 Å². The van der Waals surface area contributed by atoms with Crippen molar-refractivity contribution in [1.82, 2.24) is 20.4 Å². The number of hydrogen-bond acceptors (Lipinski definition) is 5. The molecule has 1 saturated heterocycles. The number of benzene rings is 2. The number of nitrogens with one attached hydrogen (secondary N) is 1. The van der Waals surface area contributed by atoms with Gasteiger partial charge in [0, 0.05) is 17.0 Å². The third-order valence-corrected chi connectivity index (χ3v) is 5.76. The lowest BCUT2D eigenvalue weighted by Gasteiger charge is -2.32. The number of aryl methyl sites for hydroxylation is 1. The number of carbonyl (C=O) groups excluding carboxylic acids is 2. The first kappa shape index (κ1) is 17.9. The number of nitrogens with zero attached hydrogens (tertiary/aromatic N) is 3. The molecule has 1 aromatic heterocycles. The summed E-state index contributed by atoms with van der Waals surface area (Å²) in [4.78, 5) is 31.2. The molecule has 7 nitrogen and oxygen atoms in total. The number of halogens is 1. The van der Waals surface area contributed by atoms with Crippen LogP contribution in [0.2, 0.25) is 5.02 Å². The number of amides is 3. The van der Waals surface area contributed by atoms with E-state index in [4.69, 9.17) is 16.1 Å². The third-order valence-electron chi connectivity index (χ3n) is 5.52. The minimum absolute atomic E-state index is 0.0678. The Morgan fingerprint density at radius 1 is 1.14 bits per heavy atom. The summed E-state index contributed by atoms with van der Waals surface area (Å²) in [6.07, 6.45) is 1.81. The maximum Gasteiger partial charge on any atom is 0.325 e. The van der Waals surface area contributed by atoms with Crippen molar-refractivity contribution < 1.29 is 14.1 Å². The number of fused-ring (bicyclic) bond motifs is 1. The van der Waals surface area contributed by atoms with Crippen molar-refractivity contribution in [3.8, 4) is 11.4 Å². The molecule has 3 amide bonds. The number of rotatable bonds is 3. The number of hydrogen-bond donors (Lipinski definition) is 1. The van der Waals surface area contributed by atoms with Crippen molar-refractivity contribution in [2.75, 3.05) is 0 Å². The first-order valence-electron chi connectivity index (χ1n) is 9.33. The number of urea groups is 1. The van der Waals surface area contributed by atoms with Gasteiger partial charge >= 0.3 is 6.03 Å². The molecule has 1 aliphatic carbocycles. The van der Waals surface area contributed by atoms with Gasteiger partial charge in [-0.25, -0.2) is 4.79 Å². The van der Waals surface area contributed by atoms with Gasteiger partial charge in [0.05, 0.1) is 0 Å². The van der Waals surface area contributed by atoms with E-state index in [9.17, 15) is 9.59 Å². The zero-order valence-electron chi connectivity index (χ0n) is 15.4. The van der Waals surface area contributed by atoms with E-state index in [1.807, 2.05) is 24.3 Å². The van der Waals surface area contributed by atoms with Gasteiger partial charge in [-0.1, -0.05) is 53.2 Å². The maximum atomic E-state index is 13.2. The summed E-state index contributed by atoms with van der Waals surface area (Å²) in [6, 6.07) is 14.7. The van der Waals surface area contributed by atoms with Crippen LogP contribution in [0, 0.1) is 0 Å². The molecule has 1 unspecified atom stereocenters. The molecule has 146 valence electrons. The van der Waals surface area contributed by atoms with Crippen molar-refractivity contribution in [3.05, 3.63) is 70.6 Å². The molecule has 5 rings (SSSR count). The van der Waals surface area contributed by atoms with Crippen LogP contribution in [0.5, 0.6) is 0 Å². The molecule has 2 aromatic carbocycles. The van der Waals surface area contributed by atoms with Crippen LogP contribution in [0.25, 0.3) is 11.4 Å². The SMILES string of the molecule is O=C1NC2(CCc3ccccc3C2)C(=O)N1Cc1nc(-c2cccc(Cl)c2)no1. The maximum absolute atomic E-state index is 13.2. The fraction of sp³-hybridized carbons (Fsp3) is 0.238. The fourth-order valence-electron chi connectivity index (χ4n) is 4.04. The van der Waals surface area contributed by atoms with Gasteiger partial charge in [0.1, 0.15) is 12.1 Å². The molecule has 3 aromatic rings. The summed E-state index contributed by atoms with van der Waals surface area (Å²) in [5.41, 5.74) is 2.11. The lowest BCUT2D eigenvalue weighted by molar-refractivity contribution is -0.132. The lowest BCUT2D eigenvalue weighted by Crippen LogP contribution is -2.51. The molecular weight excluding hydrogens is 392 g/mol. The Bertz CT molecular complexity index is 1130. The van der Waals surface area contributed by atoms with E-state index in [-0.39, 0.29) is 18.3 Å². The van der Waals surface area contributed by atoms with Crippen LogP contribution < -0.4 is 5.32 Å². The Morgan fingerprint density at radius 3 is 2.79 bits per heavy atom. The van der Waals surface area contributed by atoms with Crippen molar-refractivity contribution in [2.45, 2.75) is 31.3 Å². The largest absolute Gasteiger partial charge is 0.337 e. The average Bonchev–Trinajstić information content (AvgIpc) is 3.27. The standard InChI is InChI=1S/C21H17ClN4O3/c22-16-7-3-6-14(10-16)18-23-17(29-25-18)12-26-19(27)21(24-20(26)28)9-8-13-4-1-2-5-15(13)11-21/h1-7,10H,8-9,11-12H2,(H,24,28). The number of aromatic nitrogens is 2. The highest BCUT2D eigenvalue weighted by Crippen LogP contribution is 2.34. The second-order valence-corrected chi connectivity index (χ2v) is 7.81. The van der Waals surface area contributed by atoms with Crippen LogP contribution in [0.3, 0.4) is 0 Å². The van der Waals surface area contributed by atoms with E-state index in [1.165, 1.54) is 5.56 Å². The van der Waals surface area contributed by atoms with E-state index in [1.54, 1.807) is 18.2 Å². The van der Waals surface area contributed by atoms with Gasteiger partial charge in [-0.15, -0.1) is 0 Å².